The van der Waals surface area contributed by atoms with Crippen molar-refractivity contribution >= 4 is 16.9 Å². The van der Waals surface area contributed by atoms with Crippen LogP contribution in [0.1, 0.15) is 45.3 Å². The summed E-state index contributed by atoms with van der Waals surface area (Å²) in [5.74, 6) is 0.875. The van der Waals surface area contributed by atoms with Crippen LogP contribution in [0.4, 0.5) is 0 Å². The Hall–Kier alpha value is -3.36. The predicted octanol–water partition coefficient (Wildman–Crippen LogP) is 3.69. The van der Waals surface area contributed by atoms with Crippen LogP contribution in [0.25, 0.3) is 11.0 Å². The van der Waals surface area contributed by atoms with Crippen LogP contribution in [0.3, 0.4) is 0 Å². The third-order valence-corrected chi connectivity index (χ3v) is 7.29. The molecule has 1 aromatic heterocycles. The van der Waals surface area contributed by atoms with E-state index in [4.69, 9.17) is 18.6 Å². The van der Waals surface area contributed by atoms with Gasteiger partial charge in [-0.15, -0.1) is 0 Å². The molecule has 8 heteroatoms. The lowest BCUT2D eigenvalue weighted by Gasteiger charge is -2.29. The molecule has 0 bridgehead atoms. The molecule has 1 saturated heterocycles. The Kier molecular flexibility index (Phi) is 6.73. The molecule has 1 fully saturated rings. The quantitative estimate of drug-likeness (QED) is 0.498. The first kappa shape index (κ1) is 24.3. The first-order valence-electron chi connectivity index (χ1n) is 12.3. The number of amides is 1. The van der Waals surface area contributed by atoms with Gasteiger partial charge in [-0.3, -0.25) is 14.5 Å². The molecular weight excluding hydrogens is 460 g/mol. The molecule has 1 atom stereocenters. The lowest BCUT2D eigenvalue weighted by Crippen LogP contribution is -2.39. The SMILES string of the molecule is COc1cccc(C2c3c(oc4cc(C)c(C)cc4c3=O)C(=O)N2CCCN2CCOCC2)c1OC. The Labute approximate surface area is 210 Å². The van der Waals surface area contributed by atoms with Gasteiger partial charge in [0, 0.05) is 31.7 Å². The van der Waals surface area contributed by atoms with Gasteiger partial charge < -0.3 is 23.5 Å². The van der Waals surface area contributed by atoms with Crippen LogP contribution in [0.2, 0.25) is 0 Å². The summed E-state index contributed by atoms with van der Waals surface area (Å²) in [5, 5.41) is 0.478. The van der Waals surface area contributed by atoms with Gasteiger partial charge in [-0.2, -0.15) is 0 Å². The number of morpholine rings is 1. The average Bonchev–Trinajstić information content (AvgIpc) is 3.17. The van der Waals surface area contributed by atoms with Crippen LogP contribution < -0.4 is 14.9 Å². The highest BCUT2D eigenvalue weighted by Crippen LogP contribution is 2.44. The number of hydrogen-bond donors (Lipinski definition) is 0. The molecule has 0 aliphatic carbocycles. The van der Waals surface area contributed by atoms with Crippen molar-refractivity contribution in [3.05, 3.63) is 68.6 Å². The number of fused-ring (bicyclic) bond motifs is 2. The summed E-state index contributed by atoms with van der Waals surface area (Å²) < 4.78 is 22.9. The van der Waals surface area contributed by atoms with Gasteiger partial charge in [-0.1, -0.05) is 12.1 Å². The standard InChI is InChI=1S/C28H32N2O6/c1-17-15-20-22(16-18(17)2)36-27-23(25(20)31)24(19-7-5-8-21(33-3)26(19)34-4)30(28(27)32)10-6-9-29-11-13-35-14-12-29/h5,7-8,15-16,24H,6,9-14H2,1-4H3. The smallest absolute Gasteiger partial charge is 0.290 e. The van der Waals surface area contributed by atoms with E-state index in [9.17, 15) is 9.59 Å². The lowest BCUT2D eigenvalue weighted by molar-refractivity contribution is 0.0353. The number of nitrogens with zero attached hydrogens (tertiary/aromatic N) is 2. The fourth-order valence-corrected chi connectivity index (χ4v) is 5.25. The topological polar surface area (TPSA) is 81.5 Å². The van der Waals surface area contributed by atoms with Crippen LogP contribution in [0.15, 0.2) is 39.5 Å². The first-order valence-corrected chi connectivity index (χ1v) is 12.3. The molecule has 190 valence electrons. The van der Waals surface area contributed by atoms with Gasteiger partial charge in [0.2, 0.25) is 5.76 Å². The minimum Gasteiger partial charge on any atom is -0.493 e. The number of benzene rings is 2. The zero-order valence-electron chi connectivity index (χ0n) is 21.3. The lowest BCUT2D eigenvalue weighted by atomic mass is 9.96. The Bertz CT molecular complexity index is 1360. The van der Waals surface area contributed by atoms with Gasteiger partial charge in [0.1, 0.15) is 5.58 Å². The number of carbonyl (C=O) groups excluding carboxylic acids is 1. The van der Waals surface area contributed by atoms with E-state index in [1.807, 2.05) is 38.1 Å². The van der Waals surface area contributed by atoms with Gasteiger partial charge in [-0.05, 0) is 49.6 Å². The van der Waals surface area contributed by atoms with Gasteiger partial charge in [-0.25, -0.2) is 0 Å². The fraction of sp³-hybridized carbons (Fsp3) is 0.429. The second-order valence-corrected chi connectivity index (χ2v) is 9.40. The van der Waals surface area contributed by atoms with E-state index in [1.54, 1.807) is 25.2 Å². The third-order valence-electron chi connectivity index (χ3n) is 7.29. The normalized spacial score (nSPS) is 18.1. The molecule has 1 unspecified atom stereocenters. The number of ether oxygens (including phenoxy) is 3. The highest BCUT2D eigenvalue weighted by molar-refractivity contribution is 5.99. The van der Waals surface area contributed by atoms with Crippen molar-refractivity contribution in [2.24, 2.45) is 0 Å². The summed E-state index contributed by atoms with van der Waals surface area (Å²) in [5.41, 5.74) is 3.30. The number of para-hydroxylation sites is 1. The maximum Gasteiger partial charge on any atom is 0.290 e. The summed E-state index contributed by atoms with van der Waals surface area (Å²) in [4.78, 5) is 31.7. The van der Waals surface area contributed by atoms with Crippen molar-refractivity contribution in [1.29, 1.82) is 0 Å². The monoisotopic (exact) mass is 492 g/mol. The fourth-order valence-electron chi connectivity index (χ4n) is 5.25. The number of methoxy groups -OCH3 is 2. The molecule has 8 nitrogen and oxygen atoms in total. The minimum absolute atomic E-state index is 0.108. The largest absolute Gasteiger partial charge is 0.493 e. The van der Waals surface area contributed by atoms with Crippen LogP contribution in [0, 0.1) is 13.8 Å². The molecular formula is C28H32N2O6. The molecule has 0 radical (unpaired) electrons. The highest BCUT2D eigenvalue weighted by Gasteiger charge is 2.44. The average molecular weight is 493 g/mol. The van der Waals surface area contributed by atoms with Crippen LogP contribution in [-0.2, 0) is 4.74 Å². The second-order valence-electron chi connectivity index (χ2n) is 9.40. The van der Waals surface area contributed by atoms with Crippen molar-refractivity contribution in [2.45, 2.75) is 26.3 Å². The Balaban J connectivity index is 1.62. The summed E-state index contributed by atoms with van der Waals surface area (Å²) in [6, 6.07) is 8.58. The van der Waals surface area contributed by atoms with E-state index < -0.39 is 6.04 Å². The third kappa shape index (κ3) is 4.14. The van der Waals surface area contributed by atoms with Gasteiger partial charge in [0.15, 0.2) is 16.9 Å². The maximum atomic E-state index is 13.9. The van der Waals surface area contributed by atoms with Gasteiger partial charge >= 0.3 is 0 Å². The maximum absolute atomic E-state index is 13.9. The number of carbonyl (C=O) groups is 1. The van der Waals surface area contributed by atoms with Crippen molar-refractivity contribution < 1.29 is 23.4 Å². The van der Waals surface area contributed by atoms with Crippen molar-refractivity contribution in [3.63, 3.8) is 0 Å². The summed E-state index contributed by atoms with van der Waals surface area (Å²) >= 11 is 0. The zero-order valence-corrected chi connectivity index (χ0v) is 21.3. The Morgan fingerprint density at radius 2 is 1.75 bits per heavy atom. The molecule has 0 N–H and O–H groups in total. The molecule has 2 aliphatic rings. The molecule has 1 amide bonds. The van der Waals surface area contributed by atoms with Crippen molar-refractivity contribution in [1.82, 2.24) is 9.80 Å². The number of aryl methyl sites for hydroxylation is 2. The Morgan fingerprint density at radius 1 is 1.00 bits per heavy atom. The van der Waals surface area contributed by atoms with E-state index in [0.29, 0.717) is 40.1 Å². The Morgan fingerprint density at radius 3 is 2.47 bits per heavy atom. The number of hydrogen-bond acceptors (Lipinski definition) is 7. The highest BCUT2D eigenvalue weighted by atomic mass is 16.5. The number of rotatable bonds is 7. The van der Waals surface area contributed by atoms with E-state index >= 15 is 0 Å². The molecule has 0 spiro atoms. The van der Waals surface area contributed by atoms with E-state index in [2.05, 4.69) is 4.90 Å². The van der Waals surface area contributed by atoms with Crippen molar-refractivity contribution in [3.8, 4) is 11.5 Å². The summed E-state index contributed by atoms with van der Waals surface area (Å²) in [7, 11) is 3.14. The molecule has 3 aromatic rings. The molecule has 2 aliphatic heterocycles. The van der Waals surface area contributed by atoms with Crippen LogP contribution >= 0.6 is 0 Å². The summed E-state index contributed by atoms with van der Waals surface area (Å²) in [6.07, 6.45) is 0.758. The van der Waals surface area contributed by atoms with Crippen LogP contribution in [0.5, 0.6) is 11.5 Å². The van der Waals surface area contributed by atoms with E-state index in [1.165, 1.54) is 0 Å². The zero-order chi connectivity index (χ0) is 25.4. The van der Waals surface area contributed by atoms with Gasteiger partial charge in [0.25, 0.3) is 5.91 Å². The van der Waals surface area contributed by atoms with Crippen LogP contribution in [-0.4, -0.2) is 69.3 Å². The molecule has 3 heterocycles. The minimum atomic E-state index is -0.635. The molecule has 0 saturated carbocycles. The summed E-state index contributed by atoms with van der Waals surface area (Å²) in [6.45, 7) is 8.45. The van der Waals surface area contributed by atoms with E-state index in [0.717, 1.165) is 50.4 Å². The second kappa shape index (κ2) is 9.95. The van der Waals surface area contributed by atoms with E-state index in [-0.39, 0.29) is 17.1 Å². The predicted molar refractivity (Wildman–Crippen MR) is 136 cm³/mol. The molecule has 2 aromatic carbocycles. The molecule has 36 heavy (non-hydrogen) atoms. The molecule has 5 rings (SSSR count). The first-order chi connectivity index (χ1) is 17.4. The van der Waals surface area contributed by atoms with Crippen molar-refractivity contribution in [2.75, 3.05) is 53.6 Å². The van der Waals surface area contributed by atoms with Gasteiger partial charge in [0.05, 0.1) is 44.4 Å².